The van der Waals surface area contributed by atoms with E-state index in [-0.39, 0.29) is 23.4 Å². The van der Waals surface area contributed by atoms with Crippen LogP contribution in [0.3, 0.4) is 0 Å². The fourth-order valence-corrected chi connectivity index (χ4v) is 4.12. The summed E-state index contributed by atoms with van der Waals surface area (Å²) in [6.07, 6.45) is -0.159. The predicted octanol–water partition coefficient (Wildman–Crippen LogP) is 4.12. The van der Waals surface area contributed by atoms with E-state index in [1.54, 1.807) is 0 Å². The number of hydrogen-bond acceptors (Lipinski definition) is 4. The van der Waals surface area contributed by atoms with Crippen molar-refractivity contribution in [3.05, 3.63) is 86.7 Å². The SMILES string of the molecule is Cc1ccc(CSc2nc3c(c(=O)[nH]2)C(c2cc(F)ccc2F)CC(=O)N3)cc1. The third-order valence-corrected chi connectivity index (χ3v) is 5.70. The molecule has 29 heavy (non-hydrogen) atoms. The lowest BCUT2D eigenvalue weighted by Crippen LogP contribution is -2.31. The van der Waals surface area contributed by atoms with E-state index >= 15 is 0 Å². The molecule has 2 N–H and O–H groups in total. The molecule has 2 heterocycles. The van der Waals surface area contributed by atoms with Crippen molar-refractivity contribution in [3.63, 3.8) is 0 Å². The molecule has 0 radical (unpaired) electrons. The Morgan fingerprint density at radius 3 is 2.66 bits per heavy atom. The minimum absolute atomic E-state index is 0.0338. The standard InChI is InChI=1S/C21H17F2N3O2S/c1-11-2-4-12(5-3-11)10-29-21-25-19-18(20(28)26-21)15(9-17(27)24-19)14-8-13(22)6-7-16(14)23/h2-8,15H,9-10H2,1H3,(H2,24,25,26,27,28). The molecular formula is C21H17F2N3O2S. The summed E-state index contributed by atoms with van der Waals surface area (Å²) in [6, 6.07) is 11.0. The van der Waals surface area contributed by atoms with E-state index in [2.05, 4.69) is 15.3 Å². The van der Waals surface area contributed by atoms with Crippen molar-refractivity contribution in [1.29, 1.82) is 0 Å². The summed E-state index contributed by atoms with van der Waals surface area (Å²) < 4.78 is 27.9. The van der Waals surface area contributed by atoms with Crippen LogP contribution in [0, 0.1) is 18.6 Å². The molecule has 148 valence electrons. The Labute approximate surface area is 169 Å². The van der Waals surface area contributed by atoms with Crippen LogP contribution in [0.4, 0.5) is 14.6 Å². The topological polar surface area (TPSA) is 74.8 Å². The van der Waals surface area contributed by atoms with Crippen molar-refractivity contribution in [2.45, 2.75) is 30.2 Å². The molecule has 1 unspecified atom stereocenters. The largest absolute Gasteiger partial charge is 0.310 e. The molecule has 8 heteroatoms. The monoisotopic (exact) mass is 413 g/mol. The van der Waals surface area contributed by atoms with Crippen LogP contribution in [0.2, 0.25) is 0 Å². The third kappa shape index (κ3) is 4.07. The molecule has 4 rings (SSSR count). The van der Waals surface area contributed by atoms with Gasteiger partial charge in [-0.1, -0.05) is 41.6 Å². The van der Waals surface area contributed by atoms with Gasteiger partial charge in [-0.25, -0.2) is 13.8 Å². The van der Waals surface area contributed by atoms with Crippen molar-refractivity contribution in [1.82, 2.24) is 9.97 Å². The van der Waals surface area contributed by atoms with Gasteiger partial charge in [-0.15, -0.1) is 0 Å². The summed E-state index contributed by atoms with van der Waals surface area (Å²) in [6.45, 7) is 2.00. The fraction of sp³-hybridized carbons (Fsp3) is 0.190. The number of amides is 1. The Kier molecular flexibility index (Phi) is 5.19. The zero-order chi connectivity index (χ0) is 20.5. The van der Waals surface area contributed by atoms with Gasteiger partial charge < -0.3 is 10.3 Å². The first-order chi connectivity index (χ1) is 13.9. The molecule has 5 nitrogen and oxygen atoms in total. The second-order valence-electron chi connectivity index (χ2n) is 6.88. The van der Waals surface area contributed by atoms with Crippen molar-refractivity contribution < 1.29 is 13.6 Å². The van der Waals surface area contributed by atoms with E-state index in [1.807, 2.05) is 31.2 Å². The van der Waals surface area contributed by atoms with Crippen LogP contribution < -0.4 is 10.9 Å². The fourth-order valence-electron chi connectivity index (χ4n) is 3.30. The maximum absolute atomic E-state index is 14.3. The molecule has 1 amide bonds. The molecule has 0 saturated carbocycles. The quantitative estimate of drug-likeness (QED) is 0.498. The van der Waals surface area contributed by atoms with E-state index in [9.17, 15) is 18.4 Å². The molecular weight excluding hydrogens is 396 g/mol. The minimum atomic E-state index is -0.901. The Bertz CT molecular complexity index is 1150. The summed E-state index contributed by atoms with van der Waals surface area (Å²) >= 11 is 1.32. The number of carbonyl (C=O) groups is 1. The lowest BCUT2D eigenvalue weighted by molar-refractivity contribution is -0.116. The maximum Gasteiger partial charge on any atom is 0.257 e. The zero-order valence-corrected chi connectivity index (χ0v) is 16.3. The number of thioether (sulfide) groups is 1. The second-order valence-corrected chi connectivity index (χ2v) is 7.84. The summed E-state index contributed by atoms with van der Waals surface area (Å²) in [4.78, 5) is 31.9. The molecule has 1 aromatic heterocycles. The van der Waals surface area contributed by atoms with Crippen molar-refractivity contribution >= 4 is 23.5 Å². The molecule has 0 saturated heterocycles. The van der Waals surface area contributed by atoms with Gasteiger partial charge in [0.05, 0.1) is 5.56 Å². The van der Waals surface area contributed by atoms with E-state index in [0.717, 1.165) is 29.3 Å². The number of carbonyl (C=O) groups excluding carboxylic acids is 1. The highest BCUT2D eigenvalue weighted by molar-refractivity contribution is 7.98. The van der Waals surface area contributed by atoms with Crippen LogP contribution in [0.15, 0.2) is 52.4 Å². The highest BCUT2D eigenvalue weighted by atomic mass is 32.2. The van der Waals surface area contributed by atoms with Crippen LogP contribution in [0.25, 0.3) is 0 Å². The average molecular weight is 413 g/mol. The van der Waals surface area contributed by atoms with Gasteiger partial charge in [-0.3, -0.25) is 9.59 Å². The Balaban J connectivity index is 1.67. The number of aryl methyl sites for hydroxylation is 1. The summed E-state index contributed by atoms with van der Waals surface area (Å²) in [5.74, 6) is -1.94. The molecule has 1 atom stereocenters. The molecule has 3 aromatic rings. The van der Waals surface area contributed by atoms with Gasteiger partial charge in [0.1, 0.15) is 17.5 Å². The lowest BCUT2D eigenvalue weighted by Gasteiger charge is -2.24. The third-order valence-electron chi connectivity index (χ3n) is 4.76. The van der Waals surface area contributed by atoms with Crippen LogP contribution >= 0.6 is 11.8 Å². The first-order valence-electron chi connectivity index (χ1n) is 8.98. The van der Waals surface area contributed by atoms with Gasteiger partial charge in [0.2, 0.25) is 5.91 Å². The smallest absolute Gasteiger partial charge is 0.257 e. The predicted molar refractivity (Wildman–Crippen MR) is 107 cm³/mol. The van der Waals surface area contributed by atoms with Crippen LogP contribution in [-0.4, -0.2) is 15.9 Å². The van der Waals surface area contributed by atoms with Gasteiger partial charge in [0.15, 0.2) is 5.16 Å². The van der Waals surface area contributed by atoms with Crippen molar-refractivity contribution in [2.24, 2.45) is 0 Å². The molecule has 0 spiro atoms. The second kappa shape index (κ2) is 7.79. The number of anilines is 1. The normalized spacial score (nSPS) is 15.7. The molecule has 1 aliphatic rings. The van der Waals surface area contributed by atoms with E-state index in [0.29, 0.717) is 10.9 Å². The number of nitrogens with zero attached hydrogens (tertiary/aromatic N) is 1. The Morgan fingerprint density at radius 2 is 1.90 bits per heavy atom. The van der Waals surface area contributed by atoms with Crippen molar-refractivity contribution in [2.75, 3.05) is 5.32 Å². The molecule has 0 aliphatic carbocycles. The average Bonchev–Trinajstić information content (AvgIpc) is 2.68. The number of benzene rings is 2. The minimum Gasteiger partial charge on any atom is -0.310 e. The van der Waals surface area contributed by atoms with E-state index in [4.69, 9.17) is 0 Å². The van der Waals surface area contributed by atoms with Crippen LogP contribution in [-0.2, 0) is 10.5 Å². The molecule has 2 aromatic carbocycles. The number of H-pyrrole nitrogens is 1. The highest BCUT2D eigenvalue weighted by Crippen LogP contribution is 2.36. The van der Waals surface area contributed by atoms with Gasteiger partial charge in [0, 0.05) is 18.1 Å². The summed E-state index contributed by atoms with van der Waals surface area (Å²) in [5, 5.41) is 2.92. The number of aromatic amines is 1. The maximum atomic E-state index is 14.3. The Morgan fingerprint density at radius 1 is 1.14 bits per heavy atom. The number of hydrogen-bond donors (Lipinski definition) is 2. The van der Waals surface area contributed by atoms with Gasteiger partial charge in [-0.2, -0.15) is 0 Å². The number of fused-ring (bicyclic) bond motifs is 1. The summed E-state index contributed by atoms with van der Waals surface area (Å²) in [5.41, 5.74) is 1.83. The number of nitrogens with one attached hydrogen (secondary N) is 2. The Hall–Kier alpha value is -3.00. The molecule has 0 bridgehead atoms. The van der Waals surface area contributed by atoms with Crippen LogP contribution in [0.1, 0.15) is 34.6 Å². The van der Waals surface area contributed by atoms with Crippen LogP contribution in [0.5, 0.6) is 0 Å². The first-order valence-corrected chi connectivity index (χ1v) is 9.96. The highest BCUT2D eigenvalue weighted by Gasteiger charge is 2.32. The van der Waals surface area contributed by atoms with Gasteiger partial charge in [0.25, 0.3) is 5.56 Å². The number of rotatable bonds is 4. The van der Waals surface area contributed by atoms with Gasteiger partial charge in [-0.05, 0) is 36.2 Å². The van der Waals surface area contributed by atoms with Crippen molar-refractivity contribution in [3.8, 4) is 0 Å². The first kappa shape index (κ1) is 19.3. The molecule has 1 aliphatic heterocycles. The van der Waals surface area contributed by atoms with E-state index in [1.165, 1.54) is 11.8 Å². The number of aromatic nitrogens is 2. The summed E-state index contributed by atoms with van der Waals surface area (Å²) in [7, 11) is 0. The number of halogens is 2. The lowest BCUT2D eigenvalue weighted by atomic mass is 9.86. The van der Waals surface area contributed by atoms with Gasteiger partial charge >= 0.3 is 0 Å². The molecule has 0 fully saturated rings. The zero-order valence-electron chi connectivity index (χ0n) is 15.5. The van der Waals surface area contributed by atoms with E-state index < -0.39 is 29.0 Å².